The highest BCUT2D eigenvalue weighted by molar-refractivity contribution is 7.09. The number of aromatic hydroxyl groups is 1. The molecular formula is C21H20N2O3S. The van der Waals surface area contributed by atoms with E-state index in [4.69, 9.17) is 4.74 Å². The number of thiophene rings is 1. The summed E-state index contributed by atoms with van der Waals surface area (Å²) in [5, 5.41) is 11.5. The summed E-state index contributed by atoms with van der Waals surface area (Å²) in [5.41, 5.74) is 1.61. The van der Waals surface area contributed by atoms with Crippen LogP contribution in [0.4, 0.5) is 0 Å². The van der Waals surface area contributed by atoms with Crippen LogP contribution in [-0.2, 0) is 17.9 Å². The predicted molar refractivity (Wildman–Crippen MR) is 107 cm³/mol. The molecule has 2 aromatic heterocycles. The first-order valence-electron chi connectivity index (χ1n) is 8.41. The SMILES string of the molecule is COc1ccccc1CN(Cc1cccs1)C(=O)/C=C/c1cncc(O)c1. The molecule has 0 saturated carbocycles. The molecule has 5 nitrogen and oxygen atoms in total. The molecule has 1 amide bonds. The van der Waals surface area contributed by atoms with Gasteiger partial charge in [-0.15, -0.1) is 11.3 Å². The summed E-state index contributed by atoms with van der Waals surface area (Å²) >= 11 is 1.61. The Bertz CT molecular complexity index is 923. The number of ether oxygens (including phenoxy) is 1. The molecular weight excluding hydrogens is 360 g/mol. The maximum atomic E-state index is 12.9. The molecule has 0 aliphatic heterocycles. The fourth-order valence-corrected chi connectivity index (χ4v) is 3.37. The number of carbonyl (C=O) groups excluding carboxylic acids is 1. The smallest absolute Gasteiger partial charge is 0.247 e. The van der Waals surface area contributed by atoms with Gasteiger partial charge in [0.2, 0.25) is 5.91 Å². The summed E-state index contributed by atoms with van der Waals surface area (Å²) < 4.78 is 5.41. The van der Waals surface area contributed by atoms with Gasteiger partial charge in [0.15, 0.2) is 0 Å². The molecule has 27 heavy (non-hydrogen) atoms. The number of hydrogen-bond acceptors (Lipinski definition) is 5. The van der Waals surface area contributed by atoms with E-state index in [1.54, 1.807) is 41.7 Å². The predicted octanol–water partition coefficient (Wildman–Crippen LogP) is 4.10. The molecule has 0 unspecified atom stereocenters. The van der Waals surface area contributed by atoms with E-state index in [2.05, 4.69) is 4.98 Å². The number of para-hydroxylation sites is 1. The minimum Gasteiger partial charge on any atom is -0.506 e. The number of benzene rings is 1. The van der Waals surface area contributed by atoms with Gasteiger partial charge in [-0.2, -0.15) is 0 Å². The highest BCUT2D eigenvalue weighted by Crippen LogP contribution is 2.22. The number of rotatable bonds is 7. The van der Waals surface area contributed by atoms with Crippen molar-refractivity contribution in [3.05, 3.63) is 82.3 Å². The highest BCUT2D eigenvalue weighted by Gasteiger charge is 2.15. The molecule has 0 radical (unpaired) electrons. The molecule has 0 fully saturated rings. The Kier molecular flexibility index (Phi) is 6.22. The second-order valence-electron chi connectivity index (χ2n) is 5.90. The zero-order valence-electron chi connectivity index (χ0n) is 14.9. The van der Waals surface area contributed by atoms with Gasteiger partial charge in [0.05, 0.1) is 19.9 Å². The first-order valence-corrected chi connectivity index (χ1v) is 9.29. The van der Waals surface area contributed by atoms with Crippen molar-refractivity contribution in [3.63, 3.8) is 0 Å². The van der Waals surface area contributed by atoms with Crippen LogP contribution in [-0.4, -0.2) is 28.0 Å². The molecule has 3 rings (SSSR count). The number of methoxy groups -OCH3 is 1. The van der Waals surface area contributed by atoms with Gasteiger partial charge >= 0.3 is 0 Å². The van der Waals surface area contributed by atoms with Gasteiger partial charge in [-0.25, -0.2) is 0 Å². The third-order valence-corrected chi connectivity index (χ3v) is 4.82. The average Bonchev–Trinajstić information content (AvgIpc) is 3.19. The van der Waals surface area contributed by atoms with E-state index in [0.717, 1.165) is 16.2 Å². The molecule has 1 aromatic carbocycles. The van der Waals surface area contributed by atoms with Crippen LogP contribution in [0.1, 0.15) is 16.0 Å². The average molecular weight is 380 g/mol. The number of nitrogens with zero attached hydrogens (tertiary/aromatic N) is 2. The van der Waals surface area contributed by atoms with Gasteiger partial charge < -0.3 is 14.7 Å². The summed E-state index contributed by atoms with van der Waals surface area (Å²) in [4.78, 5) is 19.6. The molecule has 0 atom stereocenters. The van der Waals surface area contributed by atoms with Crippen LogP contribution < -0.4 is 4.74 Å². The summed E-state index contributed by atoms with van der Waals surface area (Å²) in [6.45, 7) is 0.945. The van der Waals surface area contributed by atoms with E-state index in [0.29, 0.717) is 18.7 Å². The number of hydrogen-bond donors (Lipinski definition) is 1. The van der Waals surface area contributed by atoms with E-state index >= 15 is 0 Å². The van der Waals surface area contributed by atoms with Crippen molar-refractivity contribution in [2.24, 2.45) is 0 Å². The lowest BCUT2D eigenvalue weighted by molar-refractivity contribution is -0.127. The lowest BCUT2D eigenvalue weighted by Crippen LogP contribution is -2.28. The van der Waals surface area contributed by atoms with Crippen molar-refractivity contribution in [3.8, 4) is 11.5 Å². The van der Waals surface area contributed by atoms with E-state index in [1.165, 1.54) is 12.3 Å². The van der Waals surface area contributed by atoms with Crippen LogP contribution in [0.25, 0.3) is 6.08 Å². The van der Waals surface area contributed by atoms with Crippen LogP contribution in [0, 0.1) is 0 Å². The topological polar surface area (TPSA) is 62.7 Å². The minimum absolute atomic E-state index is 0.0639. The summed E-state index contributed by atoms with van der Waals surface area (Å²) in [6.07, 6.45) is 6.09. The van der Waals surface area contributed by atoms with Gasteiger partial charge in [-0.1, -0.05) is 24.3 Å². The lowest BCUT2D eigenvalue weighted by atomic mass is 10.1. The summed E-state index contributed by atoms with van der Waals surface area (Å²) in [7, 11) is 1.62. The van der Waals surface area contributed by atoms with Crippen LogP contribution in [0.15, 0.2) is 66.3 Å². The van der Waals surface area contributed by atoms with E-state index < -0.39 is 0 Å². The molecule has 138 valence electrons. The number of aromatic nitrogens is 1. The first-order chi connectivity index (χ1) is 13.2. The zero-order chi connectivity index (χ0) is 19.1. The molecule has 0 saturated heterocycles. The molecule has 0 aliphatic rings. The Morgan fingerprint density at radius 1 is 1.22 bits per heavy atom. The van der Waals surface area contributed by atoms with Gasteiger partial charge in [0, 0.05) is 29.3 Å². The molecule has 0 bridgehead atoms. The van der Waals surface area contributed by atoms with Crippen LogP contribution >= 0.6 is 11.3 Å². The normalized spacial score (nSPS) is 10.9. The second kappa shape index (κ2) is 9.00. The highest BCUT2D eigenvalue weighted by atomic mass is 32.1. The van der Waals surface area contributed by atoms with Crippen molar-refractivity contribution >= 4 is 23.3 Å². The number of amides is 1. The van der Waals surface area contributed by atoms with Crippen molar-refractivity contribution in [1.82, 2.24) is 9.88 Å². The number of pyridine rings is 1. The summed E-state index contributed by atoms with van der Waals surface area (Å²) in [6, 6.07) is 13.2. The van der Waals surface area contributed by atoms with E-state index in [9.17, 15) is 9.90 Å². The van der Waals surface area contributed by atoms with Crippen molar-refractivity contribution < 1.29 is 14.6 Å². The van der Waals surface area contributed by atoms with Crippen molar-refractivity contribution in [1.29, 1.82) is 0 Å². The van der Waals surface area contributed by atoms with Gasteiger partial charge in [0.1, 0.15) is 11.5 Å². The van der Waals surface area contributed by atoms with Crippen molar-refractivity contribution in [2.75, 3.05) is 7.11 Å². The third kappa shape index (κ3) is 5.18. The Hall–Kier alpha value is -3.12. The van der Waals surface area contributed by atoms with Crippen LogP contribution in [0.3, 0.4) is 0 Å². The van der Waals surface area contributed by atoms with E-state index in [-0.39, 0.29) is 11.7 Å². The second-order valence-corrected chi connectivity index (χ2v) is 6.93. The lowest BCUT2D eigenvalue weighted by Gasteiger charge is -2.22. The third-order valence-electron chi connectivity index (χ3n) is 3.96. The molecule has 1 N–H and O–H groups in total. The Morgan fingerprint density at radius 3 is 2.81 bits per heavy atom. The largest absolute Gasteiger partial charge is 0.506 e. The van der Waals surface area contributed by atoms with Crippen molar-refractivity contribution in [2.45, 2.75) is 13.1 Å². The summed E-state index contributed by atoms with van der Waals surface area (Å²) in [5.74, 6) is 0.689. The maximum absolute atomic E-state index is 12.9. The molecule has 2 heterocycles. The molecule has 0 spiro atoms. The fourth-order valence-electron chi connectivity index (χ4n) is 2.65. The molecule has 0 aliphatic carbocycles. The standard InChI is InChI=1S/C21H20N2O3S/c1-26-20-7-3-2-5-17(20)14-23(15-19-6-4-10-27-19)21(25)9-8-16-11-18(24)13-22-12-16/h2-13,24H,14-15H2,1H3/b9-8+. The van der Waals surface area contributed by atoms with Gasteiger partial charge in [-0.3, -0.25) is 9.78 Å². The molecule has 3 aromatic rings. The van der Waals surface area contributed by atoms with Crippen LogP contribution in [0.5, 0.6) is 11.5 Å². The Labute approximate surface area is 162 Å². The number of carbonyl (C=O) groups is 1. The quantitative estimate of drug-likeness (QED) is 0.627. The van der Waals surface area contributed by atoms with Crippen LogP contribution in [0.2, 0.25) is 0 Å². The monoisotopic (exact) mass is 380 g/mol. The Morgan fingerprint density at radius 2 is 2.07 bits per heavy atom. The fraction of sp³-hybridized carbons (Fsp3) is 0.143. The maximum Gasteiger partial charge on any atom is 0.247 e. The Balaban J connectivity index is 1.81. The minimum atomic E-state index is -0.127. The molecule has 6 heteroatoms. The van der Waals surface area contributed by atoms with Gasteiger partial charge in [0.25, 0.3) is 0 Å². The zero-order valence-corrected chi connectivity index (χ0v) is 15.7. The first kappa shape index (κ1) is 18.7. The van der Waals surface area contributed by atoms with Gasteiger partial charge in [-0.05, 0) is 35.2 Å². The van der Waals surface area contributed by atoms with E-state index in [1.807, 2.05) is 41.8 Å².